The highest BCUT2D eigenvalue weighted by Gasteiger charge is 2.17. The fraction of sp³-hybridized carbons (Fsp3) is 0.286. The van der Waals surface area contributed by atoms with E-state index in [0.29, 0.717) is 5.82 Å². The van der Waals surface area contributed by atoms with Gasteiger partial charge in [0.25, 0.3) is 0 Å². The summed E-state index contributed by atoms with van der Waals surface area (Å²) < 4.78 is 7.80. The van der Waals surface area contributed by atoms with E-state index < -0.39 is 11.7 Å². The average Bonchev–Trinajstić information content (AvgIpc) is 2.74. The number of rotatable bonds is 2. The van der Waals surface area contributed by atoms with Crippen LogP contribution < -0.4 is 5.32 Å². The summed E-state index contributed by atoms with van der Waals surface area (Å²) in [4.78, 5) is 11.8. The molecular weight excluding hydrogens is 322 g/mol. The Morgan fingerprint density at radius 3 is 2.75 bits per heavy atom. The number of anilines is 1. The van der Waals surface area contributed by atoms with E-state index in [-0.39, 0.29) is 0 Å². The highest BCUT2D eigenvalue weighted by molar-refractivity contribution is 9.10. The third-order valence-electron chi connectivity index (χ3n) is 2.32. The molecule has 20 heavy (non-hydrogen) atoms. The molecule has 1 heterocycles. The Balaban J connectivity index is 2.19. The minimum atomic E-state index is -0.537. The van der Waals surface area contributed by atoms with E-state index >= 15 is 0 Å². The van der Waals surface area contributed by atoms with Crippen LogP contribution in [0.2, 0.25) is 0 Å². The molecule has 2 rings (SSSR count). The van der Waals surface area contributed by atoms with E-state index in [9.17, 15) is 4.79 Å². The number of nitrogens with one attached hydrogen (secondary N) is 1. The van der Waals surface area contributed by atoms with E-state index in [2.05, 4.69) is 26.3 Å². The Kier molecular flexibility index (Phi) is 4.13. The van der Waals surface area contributed by atoms with Crippen LogP contribution >= 0.6 is 15.9 Å². The molecule has 106 valence electrons. The number of carbonyl (C=O) groups excluding carboxylic acids is 1. The smallest absolute Gasteiger partial charge is 0.413 e. The van der Waals surface area contributed by atoms with Crippen molar-refractivity contribution in [1.82, 2.24) is 9.78 Å². The predicted molar refractivity (Wildman–Crippen MR) is 81.1 cm³/mol. The molecule has 6 heteroatoms. The summed E-state index contributed by atoms with van der Waals surface area (Å²) >= 11 is 3.41. The lowest BCUT2D eigenvalue weighted by atomic mass is 10.2. The number of nitrogens with zero attached hydrogens (tertiary/aromatic N) is 2. The number of amides is 1. The first kappa shape index (κ1) is 14.6. The normalized spacial score (nSPS) is 11.2. The minimum absolute atomic E-state index is 0.505. The van der Waals surface area contributed by atoms with Crippen molar-refractivity contribution in [2.75, 3.05) is 5.32 Å². The second-order valence-electron chi connectivity index (χ2n) is 5.24. The second-order valence-corrected chi connectivity index (χ2v) is 6.15. The van der Waals surface area contributed by atoms with Gasteiger partial charge < -0.3 is 4.74 Å². The van der Waals surface area contributed by atoms with Gasteiger partial charge in [0.2, 0.25) is 0 Å². The molecule has 1 aromatic heterocycles. The number of benzene rings is 1. The van der Waals surface area contributed by atoms with Crippen LogP contribution in [0.15, 0.2) is 41.0 Å². The molecule has 5 nitrogen and oxygen atoms in total. The SMILES string of the molecule is CC(C)(C)OC(=O)Nc1ccnn1-c1cccc(Br)c1. The molecule has 1 N–H and O–H groups in total. The molecule has 0 atom stereocenters. The number of halogens is 1. The largest absolute Gasteiger partial charge is 0.444 e. The van der Waals surface area contributed by atoms with E-state index in [1.807, 2.05) is 45.0 Å². The van der Waals surface area contributed by atoms with E-state index in [4.69, 9.17) is 4.74 Å². The highest BCUT2D eigenvalue weighted by Crippen LogP contribution is 2.19. The summed E-state index contributed by atoms with van der Waals surface area (Å²) in [7, 11) is 0. The third kappa shape index (κ3) is 3.84. The molecule has 0 saturated carbocycles. The van der Waals surface area contributed by atoms with Gasteiger partial charge in [0, 0.05) is 10.5 Å². The van der Waals surface area contributed by atoms with Crippen LogP contribution in [-0.2, 0) is 4.74 Å². The molecule has 0 fully saturated rings. The molecule has 0 spiro atoms. The van der Waals surface area contributed by atoms with Crippen molar-refractivity contribution in [1.29, 1.82) is 0 Å². The molecule has 0 aliphatic carbocycles. The van der Waals surface area contributed by atoms with Crippen LogP contribution in [0.3, 0.4) is 0 Å². The maximum atomic E-state index is 11.8. The Morgan fingerprint density at radius 2 is 2.10 bits per heavy atom. The molecule has 0 bridgehead atoms. The fourth-order valence-corrected chi connectivity index (χ4v) is 2.01. The summed E-state index contributed by atoms with van der Waals surface area (Å²) in [5.41, 5.74) is 0.306. The van der Waals surface area contributed by atoms with Crippen LogP contribution in [0.25, 0.3) is 5.69 Å². The van der Waals surface area contributed by atoms with Gasteiger partial charge in [-0.1, -0.05) is 22.0 Å². The molecular formula is C14H16BrN3O2. The lowest BCUT2D eigenvalue weighted by molar-refractivity contribution is 0.0635. The van der Waals surface area contributed by atoms with Gasteiger partial charge in [0.1, 0.15) is 11.4 Å². The predicted octanol–water partition coefficient (Wildman–Crippen LogP) is 3.98. The van der Waals surface area contributed by atoms with Gasteiger partial charge in [-0.3, -0.25) is 5.32 Å². The zero-order chi connectivity index (χ0) is 14.8. The lowest BCUT2D eigenvalue weighted by Crippen LogP contribution is -2.27. The molecule has 2 aromatic rings. The first-order valence-electron chi connectivity index (χ1n) is 6.15. The molecule has 0 aliphatic rings. The first-order chi connectivity index (χ1) is 9.35. The van der Waals surface area contributed by atoms with Gasteiger partial charge in [-0.15, -0.1) is 0 Å². The maximum absolute atomic E-state index is 11.8. The molecule has 0 saturated heterocycles. The standard InChI is InChI=1S/C14H16BrN3O2/c1-14(2,3)20-13(19)17-12-7-8-16-18(12)11-6-4-5-10(15)9-11/h4-9H,1-3H3,(H,17,19). The molecule has 1 aromatic carbocycles. The zero-order valence-corrected chi connectivity index (χ0v) is 13.1. The average molecular weight is 338 g/mol. The van der Waals surface area contributed by atoms with Gasteiger partial charge in [-0.05, 0) is 39.0 Å². The van der Waals surface area contributed by atoms with E-state index in [0.717, 1.165) is 10.2 Å². The lowest BCUT2D eigenvalue weighted by Gasteiger charge is -2.19. The van der Waals surface area contributed by atoms with Crippen LogP contribution in [0.1, 0.15) is 20.8 Å². The van der Waals surface area contributed by atoms with Crippen molar-refractivity contribution >= 4 is 27.8 Å². The molecule has 0 radical (unpaired) electrons. The number of hydrogen-bond donors (Lipinski definition) is 1. The summed E-state index contributed by atoms with van der Waals surface area (Å²) in [5, 5.41) is 6.89. The summed E-state index contributed by atoms with van der Waals surface area (Å²) in [6.07, 6.45) is 1.11. The van der Waals surface area contributed by atoms with Gasteiger partial charge in [0.15, 0.2) is 0 Å². The van der Waals surface area contributed by atoms with Crippen molar-refractivity contribution in [2.24, 2.45) is 0 Å². The molecule has 1 amide bonds. The van der Waals surface area contributed by atoms with Crippen LogP contribution in [0.4, 0.5) is 10.6 Å². The molecule has 0 aliphatic heterocycles. The van der Waals surface area contributed by atoms with Gasteiger partial charge in [0.05, 0.1) is 11.9 Å². The number of ether oxygens (including phenoxy) is 1. The summed E-state index contributed by atoms with van der Waals surface area (Å²) in [6, 6.07) is 9.35. The van der Waals surface area contributed by atoms with E-state index in [1.165, 1.54) is 0 Å². The maximum Gasteiger partial charge on any atom is 0.413 e. The fourth-order valence-electron chi connectivity index (χ4n) is 1.62. The monoisotopic (exact) mass is 337 g/mol. The van der Waals surface area contributed by atoms with Gasteiger partial charge >= 0.3 is 6.09 Å². The Morgan fingerprint density at radius 1 is 1.35 bits per heavy atom. The van der Waals surface area contributed by atoms with Crippen molar-refractivity contribution < 1.29 is 9.53 Å². The first-order valence-corrected chi connectivity index (χ1v) is 6.94. The zero-order valence-electron chi connectivity index (χ0n) is 11.6. The van der Waals surface area contributed by atoms with E-state index in [1.54, 1.807) is 16.9 Å². The molecule has 0 unspecified atom stereocenters. The van der Waals surface area contributed by atoms with Crippen molar-refractivity contribution in [2.45, 2.75) is 26.4 Å². The third-order valence-corrected chi connectivity index (χ3v) is 2.82. The highest BCUT2D eigenvalue weighted by atomic mass is 79.9. The Labute approximate surface area is 126 Å². The van der Waals surface area contributed by atoms with Crippen LogP contribution in [-0.4, -0.2) is 21.5 Å². The van der Waals surface area contributed by atoms with Crippen LogP contribution in [0.5, 0.6) is 0 Å². The summed E-state index contributed by atoms with van der Waals surface area (Å²) in [5.74, 6) is 0.553. The van der Waals surface area contributed by atoms with Crippen molar-refractivity contribution in [3.8, 4) is 5.69 Å². The Hall–Kier alpha value is -1.82. The second kappa shape index (κ2) is 5.66. The van der Waals surface area contributed by atoms with Crippen molar-refractivity contribution in [3.63, 3.8) is 0 Å². The van der Waals surface area contributed by atoms with Crippen LogP contribution in [0, 0.1) is 0 Å². The quantitative estimate of drug-likeness (QED) is 0.901. The van der Waals surface area contributed by atoms with Crippen molar-refractivity contribution in [3.05, 3.63) is 41.0 Å². The van der Waals surface area contributed by atoms with Gasteiger partial charge in [-0.2, -0.15) is 5.10 Å². The van der Waals surface area contributed by atoms with Gasteiger partial charge in [-0.25, -0.2) is 9.48 Å². The summed E-state index contributed by atoms with van der Waals surface area (Å²) in [6.45, 7) is 5.45. The number of carbonyl (C=O) groups is 1. The minimum Gasteiger partial charge on any atom is -0.444 e. The topological polar surface area (TPSA) is 56.1 Å². The Bertz CT molecular complexity index is 617. The number of hydrogen-bond acceptors (Lipinski definition) is 3. The number of aromatic nitrogens is 2.